The number of hydrogen-bond acceptors (Lipinski definition) is 3. The van der Waals surface area contributed by atoms with Gasteiger partial charge in [0.05, 0.1) is 11.6 Å². The molecule has 174 valence electrons. The van der Waals surface area contributed by atoms with Crippen molar-refractivity contribution in [3.05, 3.63) is 41.5 Å². The van der Waals surface area contributed by atoms with Crippen LogP contribution < -0.4 is 10.1 Å². The number of alkyl halides is 3. The Morgan fingerprint density at radius 3 is 2.53 bits per heavy atom. The molecule has 1 aliphatic carbocycles. The average Bonchev–Trinajstić information content (AvgIpc) is 3.11. The Bertz CT molecular complexity index is 982. The number of fused-ring (bicyclic) bond motifs is 1. The van der Waals surface area contributed by atoms with Crippen LogP contribution in [0.2, 0.25) is 0 Å². The summed E-state index contributed by atoms with van der Waals surface area (Å²) in [7, 11) is 0. The predicted molar refractivity (Wildman–Crippen MR) is 117 cm³/mol. The summed E-state index contributed by atoms with van der Waals surface area (Å²) in [6, 6.07) is 7.87. The van der Waals surface area contributed by atoms with Crippen molar-refractivity contribution in [2.45, 2.75) is 76.6 Å². The minimum Gasteiger partial charge on any atom is -0.490 e. The largest absolute Gasteiger partial charge is 0.490 e. The van der Waals surface area contributed by atoms with Gasteiger partial charge in [0.1, 0.15) is 17.9 Å². The number of nitrogens with one attached hydrogen (secondary N) is 1. The molecule has 0 aromatic heterocycles. The summed E-state index contributed by atoms with van der Waals surface area (Å²) in [4.78, 5) is 11.5. The number of amides is 1. The Hall–Kier alpha value is -2.44. The Morgan fingerprint density at radius 1 is 1.16 bits per heavy atom. The van der Waals surface area contributed by atoms with Crippen molar-refractivity contribution in [1.29, 1.82) is 0 Å². The van der Waals surface area contributed by atoms with Gasteiger partial charge in [-0.25, -0.2) is 4.79 Å². The van der Waals surface area contributed by atoms with Gasteiger partial charge in [-0.1, -0.05) is 44.4 Å². The van der Waals surface area contributed by atoms with Crippen LogP contribution in [0.15, 0.2) is 30.3 Å². The van der Waals surface area contributed by atoms with Crippen LogP contribution in [-0.4, -0.2) is 18.8 Å². The van der Waals surface area contributed by atoms with Crippen molar-refractivity contribution in [2.24, 2.45) is 5.92 Å². The average molecular weight is 450 g/mol. The van der Waals surface area contributed by atoms with E-state index in [1.165, 1.54) is 31.4 Å². The minimum absolute atomic E-state index is 0.0986. The van der Waals surface area contributed by atoms with E-state index in [0.717, 1.165) is 25.7 Å². The molecule has 1 atom stereocenters. The first-order valence-electron chi connectivity index (χ1n) is 11.5. The van der Waals surface area contributed by atoms with E-state index in [-0.39, 0.29) is 23.8 Å². The zero-order valence-corrected chi connectivity index (χ0v) is 18.6. The van der Waals surface area contributed by atoms with Crippen LogP contribution in [0, 0.1) is 5.92 Å². The Kier molecular flexibility index (Phi) is 6.28. The molecule has 1 aliphatic heterocycles. The lowest BCUT2D eigenvalue weighted by molar-refractivity contribution is -0.138. The van der Waals surface area contributed by atoms with E-state index in [1.54, 1.807) is 25.1 Å². The zero-order chi connectivity index (χ0) is 22.9. The van der Waals surface area contributed by atoms with Gasteiger partial charge in [0.15, 0.2) is 0 Å². The van der Waals surface area contributed by atoms with Gasteiger partial charge in [-0.05, 0) is 67.0 Å². The van der Waals surface area contributed by atoms with Crippen LogP contribution in [-0.2, 0) is 16.5 Å². The molecule has 0 unspecified atom stereocenters. The lowest BCUT2D eigenvalue weighted by Crippen LogP contribution is -2.37. The third-order valence-corrected chi connectivity index (χ3v) is 6.83. The summed E-state index contributed by atoms with van der Waals surface area (Å²) in [5.74, 6) is 0.562. The number of carbonyl (C=O) groups excluding carboxylic acids is 1. The lowest BCUT2D eigenvalue weighted by Gasteiger charge is -2.30. The predicted octanol–water partition coefficient (Wildman–Crippen LogP) is 6.94. The minimum atomic E-state index is -4.54. The van der Waals surface area contributed by atoms with Crippen LogP contribution >= 0.6 is 0 Å². The van der Waals surface area contributed by atoms with E-state index in [4.69, 9.17) is 9.47 Å². The van der Waals surface area contributed by atoms with Gasteiger partial charge in [-0.15, -0.1) is 0 Å². The molecule has 2 aromatic rings. The van der Waals surface area contributed by atoms with Crippen molar-refractivity contribution in [2.75, 3.05) is 6.61 Å². The van der Waals surface area contributed by atoms with Crippen molar-refractivity contribution in [3.8, 4) is 5.75 Å². The molecule has 32 heavy (non-hydrogen) atoms. The summed E-state index contributed by atoms with van der Waals surface area (Å²) in [6.07, 6.45) is 1.92. The van der Waals surface area contributed by atoms with Gasteiger partial charge in [-0.2, -0.15) is 13.2 Å². The highest BCUT2D eigenvalue weighted by molar-refractivity contribution is 5.89. The van der Waals surface area contributed by atoms with Crippen molar-refractivity contribution < 1.29 is 27.4 Å². The maximum atomic E-state index is 14.1. The summed E-state index contributed by atoms with van der Waals surface area (Å²) in [5.41, 5.74) is -0.801. The molecule has 2 fully saturated rings. The molecule has 0 bridgehead atoms. The highest BCUT2D eigenvalue weighted by Crippen LogP contribution is 2.43. The van der Waals surface area contributed by atoms with Crippen LogP contribution in [0.3, 0.4) is 0 Å². The maximum absolute atomic E-state index is 14.1. The second-order valence-corrected chi connectivity index (χ2v) is 9.31. The molecule has 2 aliphatic rings. The number of ether oxygens (including phenoxy) is 2. The van der Waals surface area contributed by atoms with Gasteiger partial charge in [-0.3, -0.25) is 0 Å². The molecule has 4 rings (SSSR count). The third kappa shape index (κ3) is 4.66. The highest BCUT2D eigenvalue weighted by Gasteiger charge is 2.39. The van der Waals surface area contributed by atoms with E-state index in [1.807, 2.05) is 0 Å². The van der Waals surface area contributed by atoms with Crippen LogP contribution in [0.1, 0.15) is 69.9 Å². The van der Waals surface area contributed by atoms with E-state index < -0.39 is 23.4 Å². The first-order valence-corrected chi connectivity index (χ1v) is 11.5. The van der Waals surface area contributed by atoms with Crippen LogP contribution in [0.5, 0.6) is 5.75 Å². The molecular weight excluding hydrogens is 419 g/mol. The van der Waals surface area contributed by atoms with Crippen LogP contribution in [0.4, 0.5) is 18.0 Å². The Morgan fingerprint density at radius 2 is 1.91 bits per heavy atom. The fraction of sp³-hybridized carbons (Fsp3) is 0.560. The standard InChI is InChI=1S/C25H30F3NO3/c1-3-4-5-16-6-10-19(11-7-16)32-21-13-8-17-14-18(24(2)15-31-23(30)29-24)9-12-20(17)22(21)25(26,27)28/h8-9,12-14,16,19H,3-7,10-11,15H2,1-2H3,(H,29,30)/t16-,19+,24-/m0/s1. The molecule has 7 heteroatoms. The number of alkyl carbamates (subject to hydrolysis) is 1. The van der Waals surface area contributed by atoms with Gasteiger partial charge >= 0.3 is 12.3 Å². The Labute approximate surface area is 186 Å². The van der Waals surface area contributed by atoms with E-state index in [2.05, 4.69) is 12.2 Å². The number of halogens is 3. The number of unbranched alkanes of at least 4 members (excludes halogenated alkanes) is 1. The monoisotopic (exact) mass is 449 g/mol. The molecule has 1 saturated heterocycles. The summed E-state index contributed by atoms with van der Waals surface area (Å²) in [6.45, 7) is 4.09. The first-order chi connectivity index (χ1) is 15.2. The highest BCUT2D eigenvalue weighted by atomic mass is 19.4. The quantitative estimate of drug-likeness (QED) is 0.520. The summed E-state index contributed by atoms with van der Waals surface area (Å²) >= 11 is 0. The van der Waals surface area contributed by atoms with Crippen molar-refractivity contribution in [1.82, 2.24) is 5.32 Å². The van der Waals surface area contributed by atoms with Crippen molar-refractivity contribution in [3.63, 3.8) is 0 Å². The fourth-order valence-corrected chi connectivity index (χ4v) is 4.92. The number of rotatable bonds is 6. The van der Waals surface area contributed by atoms with E-state index in [9.17, 15) is 18.0 Å². The van der Waals surface area contributed by atoms with Gasteiger partial charge < -0.3 is 14.8 Å². The number of benzene rings is 2. The fourth-order valence-electron chi connectivity index (χ4n) is 4.92. The summed E-state index contributed by atoms with van der Waals surface area (Å²) in [5, 5.41) is 3.28. The maximum Gasteiger partial charge on any atom is 0.420 e. The first kappa shape index (κ1) is 22.7. The molecule has 4 nitrogen and oxygen atoms in total. The zero-order valence-electron chi connectivity index (χ0n) is 18.6. The normalized spacial score (nSPS) is 26.1. The van der Waals surface area contributed by atoms with Crippen LogP contribution in [0.25, 0.3) is 10.8 Å². The smallest absolute Gasteiger partial charge is 0.420 e. The number of cyclic esters (lactones) is 1. The molecule has 1 N–H and O–H groups in total. The van der Waals surface area contributed by atoms with Gasteiger partial charge in [0.2, 0.25) is 0 Å². The lowest BCUT2D eigenvalue weighted by atomic mass is 9.84. The molecule has 0 radical (unpaired) electrons. The van der Waals surface area contributed by atoms with Gasteiger partial charge in [0.25, 0.3) is 0 Å². The summed E-state index contributed by atoms with van der Waals surface area (Å²) < 4.78 is 53.3. The molecule has 0 spiro atoms. The van der Waals surface area contributed by atoms with E-state index >= 15 is 0 Å². The SMILES string of the molecule is CCCC[C@H]1CC[C@@H](Oc2ccc3cc([C@]4(C)COC(=O)N4)ccc3c2C(F)(F)F)CC1. The van der Waals surface area contributed by atoms with E-state index in [0.29, 0.717) is 16.9 Å². The molecule has 1 amide bonds. The molecule has 1 heterocycles. The second-order valence-electron chi connectivity index (χ2n) is 9.31. The topological polar surface area (TPSA) is 47.6 Å². The molecule has 2 aromatic carbocycles. The van der Waals surface area contributed by atoms with Gasteiger partial charge in [0, 0.05) is 0 Å². The Balaban J connectivity index is 1.60. The number of hydrogen-bond donors (Lipinski definition) is 1. The molecule has 1 saturated carbocycles. The third-order valence-electron chi connectivity index (χ3n) is 6.83. The second kappa shape index (κ2) is 8.83. The van der Waals surface area contributed by atoms with Crippen molar-refractivity contribution >= 4 is 16.9 Å². The molecular formula is C25H30F3NO3. The number of carbonyl (C=O) groups is 1.